The number of ketones is 1. The Balaban J connectivity index is 1.52. The minimum absolute atomic E-state index is 0.00314. The summed E-state index contributed by atoms with van der Waals surface area (Å²) in [6.07, 6.45) is 4.44. The predicted octanol–water partition coefficient (Wildman–Crippen LogP) is 3.32. The van der Waals surface area contributed by atoms with Crippen molar-refractivity contribution < 1.29 is 9.90 Å². The minimum atomic E-state index is -0.700. The zero-order valence-electron chi connectivity index (χ0n) is 14.5. The number of fused-ring (bicyclic) bond motifs is 2. The Morgan fingerprint density at radius 2 is 2.04 bits per heavy atom. The third-order valence-electron chi connectivity index (χ3n) is 6.79. The number of carbonyl (C=O) groups excluding carboxylic acids is 1. The molecule has 1 N–H and O–H groups in total. The first-order valence-electron chi connectivity index (χ1n) is 9.08. The van der Waals surface area contributed by atoms with Gasteiger partial charge in [0.05, 0.1) is 5.41 Å². The summed E-state index contributed by atoms with van der Waals surface area (Å²) >= 11 is 0. The van der Waals surface area contributed by atoms with E-state index in [9.17, 15) is 9.90 Å². The molecule has 5 unspecified atom stereocenters. The van der Waals surface area contributed by atoms with E-state index < -0.39 is 6.23 Å². The molecule has 5 atom stereocenters. The van der Waals surface area contributed by atoms with Crippen molar-refractivity contribution in [1.29, 1.82) is 0 Å². The predicted molar refractivity (Wildman–Crippen MR) is 93.6 cm³/mol. The molecule has 24 heavy (non-hydrogen) atoms. The fourth-order valence-electron chi connectivity index (χ4n) is 5.27. The van der Waals surface area contributed by atoms with Gasteiger partial charge in [-0.3, -0.25) is 9.80 Å². The fraction of sp³-hybridized carbons (Fsp3) is 0.600. The maximum absolute atomic E-state index is 12.5. The molecule has 1 aliphatic heterocycles. The maximum atomic E-state index is 12.5. The van der Waals surface area contributed by atoms with Gasteiger partial charge in [0.15, 0.2) is 12.0 Å². The van der Waals surface area contributed by atoms with Gasteiger partial charge in [-0.05, 0) is 50.9 Å². The molecule has 2 saturated carbocycles. The van der Waals surface area contributed by atoms with Crippen LogP contribution in [0.3, 0.4) is 0 Å². The van der Waals surface area contributed by atoms with Crippen LogP contribution in [0.1, 0.15) is 49.9 Å². The van der Waals surface area contributed by atoms with Gasteiger partial charge in [-0.15, -0.1) is 0 Å². The molecule has 1 aromatic carbocycles. The van der Waals surface area contributed by atoms with E-state index in [0.29, 0.717) is 17.4 Å². The molecule has 2 bridgehead atoms. The van der Waals surface area contributed by atoms with Crippen molar-refractivity contribution in [2.45, 2.75) is 45.8 Å². The van der Waals surface area contributed by atoms with Crippen molar-refractivity contribution in [3.63, 3.8) is 0 Å². The topological polar surface area (TPSA) is 52.9 Å². The Hall–Kier alpha value is -1.68. The van der Waals surface area contributed by atoms with Gasteiger partial charge in [0.25, 0.3) is 0 Å². The summed E-state index contributed by atoms with van der Waals surface area (Å²) in [4.78, 5) is 12.5. The second-order valence-corrected chi connectivity index (χ2v) is 8.01. The van der Waals surface area contributed by atoms with Gasteiger partial charge in [0.1, 0.15) is 6.54 Å². The summed E-state index contributed by atoms with van der Waals surface area (Å²) in [5.74, 6) is 2.04. The zero-order chi connectivity index (χ0) is 16.9. The summed E-state index contributed by atoms with van der Waals surface area (Å²) in [5, 5.41) is 17.2. The Kier molecular flexibility index (Phi) is 3.75. The van der Waals surface area contributed by atoms with Crippen molar-refractivity contribution in [2.75, 3.05) is 6.54 Å². The highest BCUT2D eigenvalue weighted by Gasteiger charge is 2.56. The van der Waals surface area contributed by atoms with Crippen LogP contribution in [0.4, 0.5) is 0 Å². The van der Waals surface area contributed by atoms with E-state index in [-0.39, 0.29) is 17.7 Å². The summed E-state index contributed by atoms with van der Waals surface area (Å²) in [7, 11) is 0. The van der Waals surface area contributed by atoms with Gasteiger partial charge in [0, 0.05) is 11.3 Å². The molecule has 2 aliphatic carbocycles. The number of aliphatic hydroxyl groups excluding tert-OH is 1. The summed E-state index contributed by atoms with van der Waals surface area (Å²) in [6.45, 7) is 4.30. The van der Waals surface area contributed by atoms with Crippen molar-refractivity contribution in [3.05, 3.63) is 35.9 Å². The number of hydrogen-bond donors (Lipinski definition) is 1. The quantitative estimate of drug-likeness (QED) is 0.864. The molecule has 0 aromatic heterocycles. The monoisotopic (exact) mass is 326 g/mol. The maximum Gasteiger partial charge on any atom is 0.183 e. The van der Waals surface area contributed by atoms with Crippen LogP contribution >= 0.6 is 0 Å². The van der Waals surface area contributed by atoms with Crippen molar-refractivity contribution in [3.8, 4) is 0 Å². The lowest BCUT2D eigenvalue weighted by atomic mass is 9.66. The molecule has 1 heterocycles. The number of Topliss-reactive ketones (excluding diaryl/α,β-unsaturated/α-hetero) is 1. The molecule has 4 heteroatoms. The SMILES string of the molecule is CC1=NN(CC(=O)c2ccccc2)C(O)C1(C)C1CC2CCC1C2. The molecular weight excluding hydrogens is 300 g/mol. The van der Waals surface area contributed by atoms with Crippen LogP contribution in [0.2, 0.25) is 0 Å². The molecule has 1 aromatic rings. The summed E-state index contributed by atoms with van der Waals surface area (Å²) in [6, 6.07) is 9.26. The van der Waals surface area contributed by atoms with Crippen LogP contribution < -0.4 is 0 Å². The highest BCUT2D eigenvalue weighted by molar-refractivity contribution is 5.98. The highest BCUT2D eigenvalue weighted by Crippen LogP contribution is 2.57. The largest absolute Gasteiger partial charge is 0.371 e. The molecule has 3 aliphatic rings. The van der Waals surface area contributed by atoms with Crippen LogP contribution in [-0.4, -0.2) is 34.4 Å². The third-order valence-corrected chi connectivity index (χ3v) is 6.79. The van der Waals surface area contributed by atoms with E-state index in [2.05, 4.69) is 12.0 Å². The first kappa shape index (κ1) is 15.8. The Morgan fingerprint density at radius 3 is 2.67 bits per heavy atom. The van der Waals surface area contributed by atoms with E-state index in [4.69, 9.17) is 0 Å². The van der Waals surface area contributed by atoms with Gasteiger partial charge in [-0.25, -0.2) is 0 Å². The molecule has 0 amide bonds. The van der Waals surface area contributed by atoms with E-state index >= 15 is 0 Å². The second-order valence-electron chi connectivity index (χ2n) is 8.01. The standard InChI is InChI=1S/C20H26N2O2/c1-13-20(2,17-11-14-8-9-16(17)10-14)19(24)22(21-13)12-18(23)15-6-4-3-5-7-15/h3-7,14,16-17,19,24H,8-12H2,1-2H3. The van der Waals surface area contributed by atoms with Crippen LogP contribution in [0.25, 0.3) is 0 Å². The van der Waals surface area contributed by atoms with E-state index in [1.807, 2.05) is 37.3 Å². The van der Waals surface area contributed by atoms with Crippen LogP contribution in [0.15, 0.2) is 35.4 Å². The Morgan fingerprint density at radius 1 is 1.29 bits per heavy atom. The normalized spacial score (nSPS) is 37.8. The summed E-state index contributed by atoms with van der Waals surface area (Å²) in [5.41, 5.74) is 1.33. The summed E-state index contributed by atoms with van der Waals surface area (Å²) < 4.78 is 0. The first-order chi connectivity index (χ1) is 11.5. The van der Waals surface area contributed by atoms with Gasteiger partial charge in [0.2, 0.25) is 0 Å². The lowest BCUT2D eigenvalue weighted by molar-refractivity contribution is -0.0634. The zero-order valence-corrected chi connectivity index (χ0v) is 14.5. The van der Waals surface area contributed by atoms with Crippen molar-refractivity contribution in [2.24, 2.45) is 28.3 Å². The highest BCUT2D eigenvalue weighted by atomic mass is 16.3. The molecule has 128 valence electrons. The average molecular weight is 326 g/mol. The average Bonchev–Trinajstić information content (AvgIpc) is 3.28. The van der Waals surface area contributed by atoms with Crippen molar-refractivity contribution in [1.82, 2.24) is 5.01 Å². The second kappa shape index (κ2) is 5.69. The molecular formula is C20H26N2O2. The van der Waals surface area contributed by atoms with E-state index in [1.54, 1.807) is 5.01 Å². The number of hydrogen-bond acceptors (Lipinski definition) is 4. The lowest BCUT2D eigenvalue weighted by Crippen LogP contribution is -2.48. The Bertz CT molecular complexity index is 671. The van der Waals surface area contributed by atoms with Crippen LogP contribution in [0, 0.1) is 23.2 Å². The fourth-order valence-corrected chi connectivity index (χ4v) is 5.27. The van der Waals surface area contributed by atoms with Crippen LogP contribution in [-0.2, 0) is 0 Å². The minimum Gasteiger partial charge on any atom is -0.371 e. The third kappa shape index (κ3) is 2.31. The number of carbonyl (C=O) groups is 1. The number of nitrogens with zero attached hydrogens (tertiary/aromatic N) is 2. The Labute approximate surface area is 143 Å². The van der Waals surface area contributed by atoms with Gasteiger partial charge >= 0.3 is 0 Å². The van der Waals surface area contributed by atoms with Gasteiger partial charge in [-0.2, -0.15) is 5.10 Å². The van der Waals surface area contributed by atoms with Crippen molar-refractivity contribution >= 4 is 11.5 Å². The molecule has 4 nitrogen and oxygen atoms in total. The van der Waals surface area contributed by atoms with E-state index in [0.717, 1.165) is 11.6 Å². The number of rotatable bonds is 4. The molecule has 0 saturated heterocycles. The number of hydrazone groups is 1. The van der Waals surface area contributed by atoms with Gasteiger partial charge in [-0.1, -0.05) is 36.8 Å². The smallest absolute Gasteiger partial charge is 0.183 e. The molecule has 0 spiro atoms. The molecule has 4 rings (SSSR count). The molecule has 2 fully saturated rings. The lowest BCUT2D eigenvalue weighted by Gasteiger charge is -2.40. The number of aliphatic hydroxyl groups is 1. The molecule has 0 radical (unpaired) electrons. The number of benzene rings is 1. The van der Waals surface area contributed by atoms with Crippen LogP contribution in [0.5, 0.6) is 0 Å². The van der Waals surface area contributed by atoms with Gasteiger partial charge < -0.3 is 5.11 Å². The first-order valence-corrected chi connectivity index (χ1v) is 9.08. The van der Waals surface area contributed by atoms with E-state index in [1.165, 1.54) is 25.7 Å².